The minimum atomic E-state index is -0.278. The number of hydrogen-bond acceptors (Lipinski definition) is 3. The molecular formula is C18H12N2O2. The fourth-order valence-corrected chi connectivity index (χ4v) is 2.51. The van der Waals surface area contributed by atoms with E-state index in [1.165, 1.54) is 0 Å². The molecule has 0 aliphatic rings. The fraction of sp³-hybridized carbons (Fsp3) is 0. The Morgan fingerprint density at radius 3 is 2.59 bits per heavy atom. The molecule has 1 aromatic heterocycles. The Kier molecular flexibility index (Phi) is 2.86. The zero-order valence-electron chi connectivity index (χ0n) is 11.6. The SMILES string of the molecule is O=C(Nc1ccc2ccccc2c1)c1noc2ccccc12. The number of benzene rings is 3. The molecule has 22 heavy (non-hydrogen) atoms. The molecule has 106 valence electrons. The van der Waals surface area contributed by atoms with Crippen molar-refractivity contribution in [3.8, 4) is 0 Å². The molecular weight excluding hydrogens is 276 g/mol. The Balaban J connectivity index is 1.68. The van der Waals surface area contributed by atoms with Gasteiger partial charge in [0.1, 0.15) is 0 Å². The zero-order valence-corrected chi connectivity index (χ0v) is 11.6. The summed E-state index contributed by atoms with van der Waals surface area (Å²) in [5.41, 5.74) is 1.63. The highest BCUT2D eigenvalue weighted by atomic mass is 16.5. The second kappa shape index (κ2) is 5.00. The number of amides is 1. The highest BCUT2D eigenvalue weighted by Gasteiger charge is 2.15. The maximum Gasteiger partial charge on any atom is 0.278 e. The molecule has 0 radical (unpaired) electrons. The first-order valence-corrected chi connectivity index (χ1v) is 6.96. The molecule has 0 spiro atoms. The summed E-state index contributed by atoms with van der Waals surface area (Å²) in [5.74, 6) is -0.278. The Bertz CT molecular complexity index is 988. The lowest BCUT2D eigenvalue weighted by atomic mass is 10.1. The van der Waals surface area contributed by atoms with Gasteiger partial charge in [-0.05, 0) is 35.0 Å². The quantitative estimate of drug-likeness (QED) is 0.600. The van der Waals surface area contributed by atoms with Crippen LogP contribution in [0.4, 0.5) is 5.69 Å². The van der Waals surface area contributed by atoms with Gasteiger partial charge in [-0.15, -0.1) is 0 Å². The molecule has 1 heterocycles. The molecule has 4 nitrogen and oxygen atoms in total. The lowest BCUT2D eigenvalue weighted by Gasteiger charge is -2.05. The molecule has 4 rings (SSSR count). The van der Waals surface area contributed by atoms with E-state index >= 15 is 0 Å². The summed E-state index contributed by atoms with van der Waals surface area (Å²) in [6, 6.07) is 21.1. The van der Waals surface area contributed by atoms with Crippen molar-refractivity contribution in [1.29, 1.82) is 0 Å². The van der Waals surface area contributed by atoms with E-state index in [-0.39, 0.29) is 5.91 Å². The van der Waals surface area contributed by atoms with Crippen LogP contribution in [0.25, 0.3) is 21.7 Å². The number of carbonyl (C=O) groups excluding carboxylic acids is 1. The maximum absolute atomic E-state index is 12.4. The molecule has 4 heteroatoms. The van der Waals surface area contributed by atoms with Gasteiger partial charge < -0.3 is 9.84 Å². The first-order chi connectivity index (χ1) is 10.8. The molecule has 0 aliphatic heterocycles. The number of anilines is 1. The van der Waals surface area contributed by atoms with Crippen LogP contribution >= 0.6 is 0 Å². The van der Waals surface area contributed by atoms with Gasteiger partial charge in [0.15, 0.2) is 11.3 Å². The van der Waals surface area contributed by atoms with E-state index < -0.39 is 0 Å². The Hall–Kier alpha value is -3.14. The standard InChI is InChI=1S/C18H12N2O2/c21-18(17-15-7-3-4-8-16(15)22-20-17)19-14-10-9-12-5-1-2-6-13(12)11-14/h1-11H,(H,19,21). The molecule has 3 aromatic carbocycles. The van der Waals surface area contributed by atoms with Crippen LogP contribution in [0.1, 0.15) is 10.5 Å². The second-order valence-corrected chi connectivity index (χ2v) is 5.04. The fourth-order valence-electron chi connectivity index (χ4n) is 2.51. The lowest BCUT2D eigenvalue weighted by Crippen LogP contribution is -2.12. The number of nitrogens with zero attached hydrogens (tertiary/aromatic N) is 1. The number of fused-ring (bicyclic) bond motifs is 2. The summed E-state index contributed by atoms with van der Waals surface area (Å²) in [7, 11) is 0. The first-order valence-electron chi connectivity index (χ1n) is 6.96. The van der Waals surface area contributed by atoms with Crippen LogP contribution in [0.15, 0.2) is 71.3 Å². The number of para-hydroxylation sites is 1. The number of aromatic nitrogens is 1. The van der Waals surface area contributed by atoms with E-state index in [1.807, 2.05) is 60.7 Å². The number of carbonyl (C=O) groups is 1. The van der Waals surface area contributed by atoms with Gasteiger partial charge >= 0.3 is 0 Å². The minimum absolute atomic E-state index is 0.278. The van der Waals surface area contributed by atoms with E-state index in [4.69, 9.17) is 4.52 Å². The molecule has 1 amide bonds. The van der Waals surface area contributed by atoms with Crippen molar-refractivity contribution in [2.75, 3.05) is 5.32 Å². The largest absolute Gasteiger partial charge is 0.355 e. The molecule has 0 fully saturated rings. The summed E-state index contributed by atoms with van der Waals surface area (Å²) in [6.45, 7) is 0. The highest BCUT2D eigenvalue weighted by molar-refractivity contribution is 6.11. The smallest absolute Gasteiger partial charge is 0.278 e. The van der Waals surface area contributed by atoms with E-state index in [9.17, 15) is 4.79 Å². The van der Waals surface area contributed by atoms with Crippen molar-refractivity contribution in [3.05, 3.63) is 72.4 Å². The van der Waals surface area contributed by atoms with Gasteiger partial charge in [-0.3, -0.25) is 4.79 Å². The van der Waals surface area contributed by atoms with Crippen molar-refractivity contribution < 1.29 is 9.32 Å². The van der Waals surface area contributed by atoms with E-state index in [2.05, 4.69) is 10.5 Å². The summed E-state index contributed by atoms with van der Waals surface area (Å²) in [4.78, 5) is 12.4. The molecule has 0 atom stereocenters. The van der Waals surface area contributed by atoms with E-state index in [0.717, 1.165) is 16.5 Å². The van der Waals surface area contributed by atoms with Gasteiger partial charge in [-0.2, -0.15) is 0 Å². The van der Waals surface area contributed by atoms with Gasteiger partial charge in [0.25, 0.3) is 5.91 Å². The van der Waals surface area contributed by atoms with Crippen LogP contribution in [0.2, 0.25) is 0 Å². The topological polar surface area (TPSA) is 55.1 Å². The van der Waals surface area contributed by atoms with Crippen LogP contribution in [0, 0.1) is 0 Å². The van der Waals surface area contributed by atoms with Crippen LogP contribution in [0.3, 0.4) is 0 Å². The third-order valence-corrected chi connectivity index (χ3v) is 3.60. The second-order valence-electron chi connectivity index (χ2n) is 5.04. The van der Waals surface area contributed by atoms with E-state index in [0.29, 0.717) is 16.7 Å². The van der Waals surface area contributed by atoms with Gasteiger partial charge in [0, 0.05) is 5.69 Å². The lowest BCUT2D eigenvalue weighted by molar-refractivity contribution is 0.102. The van der Waals surface area contributed by atoms with E-state index in [1.54, 1.807) is 6.07 Å². The normalized spacial score (nSPS) is 10.9. The van der Waals surface area contributed by atoms with Crippen molar-refractivity contribution in [2.24, 2.45) is 0 Å². The Morgan fingerprint density at radius 2 is 1.68 bits per heavy atom. The number of nitrogens with one attached hydrogen (secondary N) is 1. The van der Waals surface area contributed by atoms with Gasteiger partial charge in [0.2, 0.25) is 0 Å². The molecule has 0 saturated heterocycles. The first kappa shape index (κ1) is 12.6. The van der Waals surface area contributed by atoms with Crippen molar-refractivity contribution in [1.82, 2.24) is 5.16 Å². The van der Waals surface area contributed by atoms with Crippen LogP contribution in [-0.2, 0) is 0 Å². The predicted octanol–water partition coefficient (Wildman–Crippen LogP) is 4.23. The van der Waals surface area contributed by atoms with Crippen molar-refractivity contribution in [2.45, 2.75) is 0 Å². The third kappa shape index (κ3) is 2.11. The van der Waals surface area contributed by atoms with Crippen LogP contribution in [0.5, 0.6) is 0 Å². The molecule has 0 saturated carbocycles. The maximum atomic E-state index is 12.4. The third-order valence-electron chi connectivity index (χ3n) is 3.60. The molecule has 4 aromatic rings. The number of rotatable bonds is 2. The summed E-state index contributed by atoms with van der Waals surface area (Å²) < 4.78 is 5.17. The zero-order chi connectivity index (χ0) is 14.9. The van der Waals surface area contributed by atoms with Crippen molar-refractivity contribution in [3.63, 3.8) is 0 Å². The van der Waals surface area contributed by atoms with Gasteiger partial charge in [0.05, 0.1) is 5.39 Å². The Labute approximate surface area is 126 Å². The molecule has 0 unspecified atom stereocenters. The van der Waals surface area contributed by atoms with Gasteiger partial charge in [-0.1, -0.05) is 47.6 Å². The minimum Gasteiger partial charge on any atom is -0.355 e. The molecule has 0 aliphatic carbocycles. The summed E-state index contributed by atoms with van der Waals surface area (Å²) in [5, 5.41) is 9.65. The van der Waals surface area contributed by atoms with Crippen LogP contribution < -0.4 is 5.32 Å². The molecule has 1 N–H and O–H groups in total. The molecule has 0 bridgehead atoms. The average molecular weight is 288 g/mol. The van der Waals surface area contributed by atoms with Gasteiger partial charge in [-0.25, -0.2) is 0 Å². The summed E-state index contributed by atoms with van der Waals surface area (Å²) >= 11 is 0. The summed E-state index contributed by atoms with van der Waals surface area (Å²) in [6.07, 6.45) is 0. The number of hydrogen-bond donors (Lipinski definition) is 1. The highest BCUT2D eigenvalue weighted by Crippen LogP contribution is 2.21. The Morgan fingerprint density at radius 1 is 0.909 bits per heavy atom. The average Bonchev–Trinajstić information content (AvgIpc) is 2.99. The predicted molar refractivity (Wildman–Crippen MR) is 85.9 cm³/mol. The monoisotopic (exact) mass is 288 g/mol. The van der Waals surface area contributed by atoms with Crippen molar-refractivity contribution >= 4 is 33.3 Å². The van der Waals surface area contributed by atoms with Crippen LogP contribution in [-0.4, -0.2) is 11.1 Å².